The second-order valence-corrected chi connectivity index (χ2v) is 7.45. The number of hydrogen-bond donors (Lipinski definition) is 1. The van der Waals surface area contributed by atoms with Crippen molar-refractivity contribution >= 4 is 17.4 Å². The molecule has 0 unspecified atom stereocenters. The first-order valence-electron chi connectivity index (χ1n) is 8.70. The van der Waals surface area contributed by atoms with E-state index in [4.69, 9.17) is 9.15 Å². The Hall–Kier alpha value is -2.56. The number of hydrogen-bond acceptors (Lipinski definition) is 4. The molecule has 1 amide bonds. The molecule has 0 saturated carbocycles. The van der Waals surface area contributed by atoms with Crippen molar-refractivity contribution in [2.24, 2.45) is 0 Å². The minimum absolute atomic E-state index is 0.0272. The van der Waals surface area contributed by atoms with Crippen molar-refractivity contribution in [2.45, 2.75) is 52.9 Å². The van der Waals surface area contributed by atoms with Gasteiger partial charge in [-0.2, -0.15) is 0 Å². The molecule has 0 atom stereocenters. The maximum absolute atomic E-state index is 12.4. The number of methoxy groups -OCH3 is 1. The van der Waals surface area contributed by atoms with Crippen LogP contribution in [0.5, 0.6) is 5.75 Å². The normalized spacial score (nSPS) is 11.3. The van der Waals surface area contributed by atoms with Gasteiger partial charge in [0.1, 0.15) is 17.3 Å². The quantitative estimate of drug-likeness (QED) is 0.763. The highest BCUT2D eigenvalue weighted by Crippen LogP contribution is 2.31. The molecule has 2 rings (SSSR count). The highest BCUT2D eigenvalue weighted by molar-refractivity contribution is 5.95. The summed E-state index contributed by atoms with van der Waals surface area (Å²) < 4.78 is 10.9. The molecular formula is C21H27NO4. The largest absolute Gasteiger partial charge is 0.495 e. The first kappa shape index (κ1) is 19.8. The minimum Gasteiger partial charge on any atom is -0.495 e. The molecule has 1 heterocycles. The highest BCUT2D eigenvalue weighted by atomic mass is 16.5. The topological polar surface area (TPSA) is 68.5 Å². The van der Waals surface area contributed by atoms with Crippen molar-refractivity contribution in [3.05, 3.63) is 46.9 Å². The Morgan fingerprint density at radius 2 is 1.88 bits per heavy atom. The fraction of sp³-hybridized carbons (Fsp3) is 0.429. The zero-order valence-corrected chi connectivity index (χ0v) is 16.4. The van der Waals surface area contributed by atoms with Gasteiger partial charge in [-0.3, -0.25) is 9.59 Å². The molecule has 0 radical (unpaired) electrons. The van der Waals surface area contributed by atoms with Crippen molar-refractivity contribution in [3.8, 4) is 5.75 Å². The molecule has 0 bridgehead atoms. The lowest BCUT2D eigenvalue weighted by Gasteiger charge is -2.21. The Morgan fingerprint density at radius 3 is 2.42 bits per heavy atom. The molecule has 5 nitrogen and oxygen atoms in total. The lowest BCUT2D eigenvalue weighted by atomic mass is 9.87. The number of carbonyl (C=O) groups excluding carboxylic acids is 2. The van der Waals surface area contributed by atoms with Gasteiger partial charge in [0.15, 0.2) is 5.78 Å². The van der Waals surface area contributed by atoms with Crippen molar-refractivity contribution in [1.82, 2.24) is 0 Å². The standard InChI is InChI=1S/C21H27NO4/c1-13(23)17-12-16(26-14(17)2)8-10-20(24)22-18-11-15(21(3,4)5)7-9-19(18)25-6/h7,9,11-12H,8,10H2,1-6H3,(H,22,24). The van der Waals surface area contributed by atoms with E-state index in [9.17, 15) is 9.59 Å². The number of Topliss-reactive ketones (excluding diaryl/α,β-unsaturated/α-hetero) is 1. The van der Waals surface area contributed by atoms with Crippen LogP contribution in [-0.4, -0.2) is 18.8 Å². The average molecular weight is 357 g/mol. The molecule has 140 valence electrons. The van der Waals surface area contributed by atoms with Crippen molar-refractivity contribution in [3.63, 3.8) is 0 Å². The molecule has 0 aliphatic heterocycles. The number of carbonyl (C=O) groups is 2. The number of ether oxygens (including phenoxy) is 1. The zero-order valence-electron chi connectivity index (χ0n) is 16.4. The monoisotopic (exact) mass is 357 g/mol. The van der Waals surface area contributed by atoms with Crippen molar-refractivity contribution < 1.29 is 18.7 Å². The van der Waals surface area contributed by atoms with Crippen LogP contribution in [0.1, 0.15) is 61.6 Å². The lowest BCUT2D eigenvalue weighted by molar-refractivity contribution is -0.116. The second kappa shape index (κ2) is 7.77. The predicted octanol–water partition coefficient (Wildman–Crippen LogP) is 4.67. The number of furan rings is 1. The first-order chi connectivity index (χ1) is 12.1. The Labute approximate surface area is 154 Å². The maximum Gasteiger partial charge on any atom is 0.224 e. The molecule has 2 aromatic rings. The minimum atomic E-state index is -0.132. The van der Waals surface area contributed by atoms with E-state index in [0.717, 1.165) is 5.56 Å². The van der Waals surface area contributed by atoms with Crippen molar-refractivity contribution in [2.75, 3.05) is 12.4 Å². The van der Waals surface area contributed by atoms with E-state index in [1.165, 1.54) is 6.92 Å². The van der Waals surface area contributed by atoms with Crippen LogP contribution < -0.4 is 10.1 Å². The molecule has 0 aliphatic rings. The Balaban J connectivity index is 2.07. The van der Waals surface area contributed by atoms with E-state index in [0.29, 0.717) is 34.9 Å². The number of benzene rings is 1. The van der Waals surface area contributed by atoms with E-state index in [1.807, 2.05) is 18.2 Å². The average Bonchev–Trinajstić information content (AvgIpc) is 2.93. The smallest absolute Gasteiger partial charge is 0.224 e. The summed E-state index contributed by atoms with van der Waals surface area (Å²) in [5.74, 6) is 1.68. The SMILES string of the molecule is COc1ccc(C(C)(C)C)cc1NC(=O)CCc1cc(C(C)=O)c(C)o1. The summed E-state index contributed by atoms with van der Waals surface area (Å²) in [6, 6.07) is 7.53. The van der Waals surface area contributed by atoms with Crippen LogP contribution in [0.3, 0.4) is 0 Å². The van der Waals surface area contributed by atoms with Gasteiger partial charge in [-0.15, -0.1) is 0 Å². The summed E-state index contributed by atoms with van der Waals surface area (Å²) in [5.41, 5.74) is 2.31. The molecule has 1 N–H and O–H groups in total. The van der Waals surface area contributed by atoms with Crippen LogP contribution in [-0.2, 0) is 16.6 Å². The molecular weight excluding hydrogens is 330 g/mol. The van der Waals surface area contributed by atoms with E-state index in [2.05, 4.69) is 26.1 Å². The van der Waals surface area contributed by atoms with Gasteiger partial charge in [-0.1, -0.05) is 26.8 Å². The van der Waals surface area contributed by atoms with E-state index in [-0.39, 0.29) is 23.5 Å². The fourth-order valence-corrected chi connectivity index (χ4v) is 2.74. The van der Waals surface area contributed by atoms with Gasteiger partial charge in [-0.05, 0) is 43.0 Å². The first-order valence-corrected chi connectivity index (χ1v) is 8.70. The van der Waals surface area contributed by atoms with Crippen molar-refractivity contribution in [1.29, 1.82) is 0 Å². The van der Waals surface area contributed by atoms with Crippen LogP contribution in [0.2, 0.25) is 0 Å². The van der Waals surface area contributed by atoms with Crippen LogP contribution in [0, 0.1) is 6.92 Å². The predicted molar refractivity (Wildman–Crippen MR) is 102 cm³/mol. The Morgan fingerprint density at radius 1 is 1.19 bits per heavy atom. The number of rotatable bonds is 6. The zero-order chi connectivity index (χ0) is 19.5. The molecule has 26 heavy (non-hydrogen) atoms. The third kappa shape index (κ3) is 4.75. The van der Waals surface area contributed by atoms with Gasteiger partial charge in [0.2, 0.25) is 5.91 Å². The summed E-state index contributed by atoms with van der Waals surface area (Å²) in [6.07, 6.45) is 0.689. The van der Waals surface area contributed by atoms with Gasteiger partial charge in [-0.25, -0.2) is 0 Å². The fourth-order valence-electron chi connectivity index (χ4n) is 2.74. The molecule has 0 fully saturated rings. The van der Waals surface area contributed by atoms with Crippen LogP contribution in [0.15, 0.2) is 28.7 Å². The Bertz CT molecular complexity index is 812. The van der Waals surface area contributed by atoms with E-state index >= 15 is 0 Å². The van der Waals surface area contributed by atoms with Gasteiger partial charge < -0.3 is 14.5 Å². The van der Waals surface area contributed by atoms with Crippen LogP contribution in [0.4, 0.5) is 5.69 Å². The number of anilines is 1. The summed E-state index contributed by atoms with van der Waals surface area (Å²) >= 11 is 0. The highest BCUT2D eigenvalue weighted by Gasteiger charge is 2.17. The second-order valence-electron chi connectivity index (χ2n) is 7.45. The van der Waals surface area contributed by atoms with Gasteiger partial charge in [0.05, 0.1) is 18.4 Å². The summed E-state index contributed by atoms with van der Waals surface area (Å²) in [7, 11) is 1.58. The van der Waals surface area contributed by atoms with Gasteiger partial charge >= 0.3 is 0 Å². The summed E-state index contributed by atoms with van der Waals surface area (Å²) in [6.45, 7) is 9.61. The van der Waals surface area contributed by atoms with Crippen LogP contribution >= 0.6 is 0 Å². The van der Waals surface area contributed by atoms with E-state index in [1.54, 1.807) is 20.1 Å². The maximum atomic E-state index is 12.4. The third-order valence-electron chi connectivity index (χ3n) is 4.29. The number of amides is 1. The number of nitrogens with one attached hydrogen (secondary N) is 1. The number of aryl methyl sites for hydroxylation is 2. The molecule has 0 saturated heterocycles. The molecule has 1 aromatic carbocycles. The van der Waals surface area contributed by atoms with Gasteiger partial charge in [0, 0.05) is 12.8 Å². The van der Waals surface area contributed by atoms with E-state index < -0.39 is 0 Å². The van der Waals surface area contributed by atoms with Crippen LogP contribution in [0.25, 0.3) is 0 Å². The molecule has 0 spiro atoms. The Kier molecular flexibility index (Phi) is 5.90. The summed E-state index contributed by atoms with van der Waals surface area (Å²) in [4.78, 5) is 23.9. The number of ketones is 1. The molecule has 1 aromatic heterocycles. The third-order valence-corrected chi connectivity index (χ3v) is 4.29. The summed E-state index contributed by atoms with van der Waals surface area (Å²) in [5, 5.41) is 2.92. The van der Waals surface area contributed by atoms with Gasteiger partial charge in [0.25, 0.3) is 0 Å². The lowest BCUT2D eigenvalue weighted by Crippen LogP contribution is -2.15. The molecule has 5 heteroatoms. The molecule has 0 aliphatic carbocycles.